The van der Waals surface area contributed by atoms with Crippen LogP contribution in [0.15, 0.2) is 72.4 Å². The number of alkyl carbamates (subject to hydrolysis) is 1. The lowest BCUT2D eigenvalue weighted by atomic mass is 9.77. The lowest BCUT2D eigenvalue weighted by Gasteiger charge is -2.27. The number of ether oxygens (including phenoxy) is 1. The first-order valence-electron chi connectivity index (χ1n) is 14.0. The van der Waals surface area contributed by atoms with E-state index < -0.39 is 6.09 Å². The van der Waals surface area contributed by atoms with Crippen LogP contribution >= 0.6 is 11.3 Å². The van der Waals surface area contributed by atoms with Crippen LogP contribution in [-0.2, 0) is 29.0 Å². The molecule has 4 rings (SSSR count). The Morgan fingerprint density at radius 2 is 1.61 bits per heavy atom. The number of Topliss-reactive ketones (excluding diaryl/α,β-unsaturated/α-hetero) is 1. The summed E-state index contributed by atoms with van der Waals surface area (Å²) in [7, 11) is 0. The Balaban J connectivity index is 1.39. The number of nitrogens with one attached hydrogen (secondary N) is 1. The molecule has 0 radical (unpaired) electrons. The molecule has 1 aliphatic carbocycles. The van der Waals surface area contributed by atoms with Gasteiger partial charge >= 0.3 is 6.09 Å². The van der Waals surface area contributed by atoms with Crippen molar-refractivity contribution < 1.29 is 14.3 Å². The van der Waals surface area contributed by atoms with Gasteiger partial charge in [0.25, 0.3) is 0 Å². The summed E-state index contributed by atoms with van der Waals surface area (Å²) in [5, 5.41) is 3.11. The van der Waals surface area contributed by atoms with Crippen LogP contribution in [0.4, 0.5) is 4.79 Å². The molecule has 5 nitrogen and oxygen atoms in total. The molecule has 1 amide bonds. The van der Waals surface area contributed by atoms with Crippen molar-refractivity contribution in [3.05, 3.63) is 88.4 Å². The fourth-order valence-corrected chi connectivity index (χ4v) is 5.98. The van der Waals surface area contributed by atoms with Crippen LogP contribution in [-0.4, -0.2) is 22.9 Å². The summed E-state index contributed by atoms with van der Waals surface area (Å²) in [6, 6.07) is 20.6. The summed E-state index contributed by atoms with van der Waals surface area (Å²) in [5.74, 6) is 1.62. The second kappa shape index (κ2) is 14.8. The highest BCUT2D eigenvalue weighted by Gasteiger charge is 2.27. The van der Waals surface area contributed by atoms with E-state index in [-0.39, 0.29) is 24.5 Å². The van der Waals surface area contributed by atoms with Crippen molar-refractivity contribution in [3.8, 4) is 0 Å². The molecule has 1 heterocycles. The fourth-order valence-electron chi connectivity index (χ4n) is 5.48. The van der Waals surface area contributed by atoms with Crippen molar-refractivity contribution in [2.24, 2.45) is 17.8 Å². The van der Waals surface area contributed by atoms with E-state index in [1.54, 1.807) is 11.7 Å². The Hall–Kier alpha value is -2.99. The van der Waals surface area contributed by atoms with Gasteiger partial charge in [-0.15, -0.1) is 11.3 Å². The average molecular weight is 533 g/mol. The van der Waals surface area contributed by atoms with Crippen molar-refractivity contribution >= 4 is 23.2 Å². The topological polar surface area (TPSA) is 68.3 Å². The molecular formula is C32H40N2O3S. The molecule has 2 aromatic carbocycles. The monoisotopic (exact) mass is 532 g/mol. The van der Waals surface area contributed by atoms with E-state index in [0.717, 1.165) is 62.2 Å². The summed E-state index contributed by atoms with van der Waals surface area (Å²) < 4.78 is 5.48. The lowest BCUT2D eigenvalue weighted by molar-refractivity contribution is -0.125. The van der Waals surface area contributed by atoms with E-state index in [9.17, 15) is 9.59 Å². The molecule has 1 N–H and O–H groups in total. The minimum absolute atomic E-state index is 0.0738. The highest BCUT2D eigenvalue weighted by atomic mass is 32.1. The van der Waals surface area contributed by atoms with Crippen molar-refractivity contribution in [1.29, 1.82) is 0 Å². The molecule has 1 aromatic heterocycles. The van der Waals surface area contributed by atoms with Crippen molar-refractivity contribution in [1.82, 2.24) is 10.3 Å². The number of rotatable bonds is 13. The number of carbonyl (C=O) groups excluding carboxylic acids is 2. The van der Waals surface area contributed by atoms with E-state index in [1.165, 1.54) is 22.5 Å². The Labute approximate surface area is 231 Å². The third kappa shape index (κ3) is 9.39. The summed E-state index contributed by atoms with van der Waals surface area (Å²) in [4.78, 5) is 31.0. The van der Waals surface area contributed by atoms with Crippen LogP contribution < -0.4 is 5.32 Å². The first-order chi connectivity index (χ1) is 18.5. The van der Waals surface area contributed by atoms with Gasteiger partial charge in [0, 0.05) is 24.6 Å². The smallest absolute Gasteiger partial charge is 0.407 e. The Bertz CT molecular complexity index is 1100. The van der Waals surface area contributed by atoms with Crippen LogP contribution in [0.5, 0.6) is 0 Å². The molecule has 0 unspecified atom stereocenters. The highest BCUT2D eigenvalue weighted by molar-refractivity contribution is 7.09. The number of benzene rings is 2. The number of hydrogen-bond donors (Lipinski definition) is 1. The van der Waals surface area contributed by atoms with Gasteiger partial charge in [-0.25, -0.2) is 4.79 Å². The molecule has 1 aliphatic rings. The maximum Gasteiger partial charge on any atom is 0.407 e. The van der Waals surface area contributed by atoms with Gasteiger partial charge in [-0.2, -0.15) is 0 Å². The minimum Gasteiger partial charge on any atom is -0.444 e. The molecule has 0 bridgehead atoms. The predicted octanol–water partition coefficient (Wildman–Crippen LogP) is 7.41. The third-order valence-corrected chi connectivity index (χ3v) is 8.48. The molecule has 0 spiro atoms. The van der Waals surface area contributed by atoms with Gasteiger partial charge in [0.1, 0.15) is 12.4 Å². The number of nitrogens with zero attached hydrogens (tertiary/aromatic N) is 1. The Morgan fingerprint density at radius 3 is 2.24 bits per heavy atom. The first-order valence-corrected chi connectivity index (χ1v) is 14.8. The van der Waals surface area contributed by atoms with Gasteiger partial charge in [-0.1, -0.05) is 80.4 Å². The molecule has 3 aromatic rings. The van der Waals surface area contributed by atoms with E-state index in [1.807, 2.05) is 24.3 Å². The van der Waals surface area contributed by atoms with Crippen LogP contribution in [0.3, 0.4) is 0 Å². The van der Waals surface area contributed by atoms with Gasteiger partial charge in [-0.3, -0.25) is 9.78 Å². The van der Waals surface area contributed by atoms with Crippen LogP contribution in [0.2, 0.25) is 0 Å². The Morgan fingerprint density at radius 1 is 0.947 bits per heavy atom. The number of thiazole rings is 1. The molecule has 2 atom stereocenters. The second-order valence-electron chi connectivity index (χ2n) is 10.8. The quantitative estimate of drug-likeness (QED) is 0.249. The lowest BCUT2D eigenvalue weighted by Crippen LogP contribution is -2.37. The van der Waals surface area contributed by atoms with E-state index in [2.05, 4.69) is 53.6 Å². The largest absolute Gasteiger partial charge is 0.444 e. The van der Waals surface area contributed by atoms with Gasteiger partial charge in [0.05, 0.1) is 10.4 Å². The van der Waals surface area contributed by atoms with Crippen LogP contribution in [0.25, 0.3) is 0 Å². The van der Waals surface area contributed by atoms with Gasteiger partial charge in [0.2, 0.25) is 0 Å². The summed E-state index contributed by atoms with van der Waals surface area (Å²) in [5.41, 5.74) is 4.17. The van der Waals surface area contributed by atoms with Gasteiger partial charge in [0.15, 0.2) is 0 Å². The zero-order chi connectivity index (χ0) is 26.6. The SMILES string of the molecule is CC1CCC(C(=O)C[C@H](CC[C@H](Cc2ccccc2)NC(=O)OCc2cncs2)Cc2ccccc2)CC1. The second-order valence-corrected chi connectivity index (χ2v) is 11.8. The third-order valence-electron chi connectivity index (χ3n) is 7.73. The average Bonchev–Trinajstić information content (AvgIpc) is 3.46. The summed E-state index contributed by atoms with van der Waals surface area (Å²) >= 11 is 1.47. The molecule has 0 aliphatic heterocycles. The van der Waals surface area contributed by atoms with E-state index in [4.69, 9.17) is 4.74 Å². The Kier molecular flexibility index (Phi) is 10.9. The normalized spacial score (nSPS) is 18.9. The number of amides is 1. The summed E-state index contributed by atoms with van der Waals surface area (Å²) in [6.07, 6.45) is 9.56. The summed E-state index contributed by atoms with van der Waals surface area (Å²) in [6.45, 7) is 2.51. The van der Waals surface area contributed by atoms with E-state index in [0.29, 0.717) is 12.2 Å². The maximum atomic E-state index is 13.3. The molecule has 1 saturated carbocycles. The van der Waals surface area contributed by atoms with Crippen molar-refractivity contribution in [3.63, 3.8) is 0 Å². The highest BCUT2D eigenvalue weighted by Crippen LogP contribution is 2.31. The fraction of sp³-hybridized carbons (Fsp3) is 0.469. The van der Waals surface area contributed by atoms with Crippen LogP contribution in [0.1, 0.15) is 67.9 Å². The molecule has 1 fully saturated rings. The number of aromatic nitrogens is 1. The molecule has 38 heavy (non-hydrogen) atoms. The number of carbonyl (C=O) groups is 2. The van der Waals surface area contributed by atoms with E-state index >= 15 is 0 Å². The number of hydrogen-bond acceptors (Lipinski definition) is 5. The van der Waals surface area contributed by atoms with Gasteiger partial charge in [-0.05, 0) is 61.5 Å². The minimum atomic E-state index is -0.411. The van der Waals surface area contributed by atoms with Crippen molar-refractivity contribution in [2.75, 3.05) is 0 Å². The van der Waals surface area contributed by atoms with Gasteiger partial charge < -0.3 is 10.1 Å². The maximum absolute atomic E-state index is 13.3. The van der Waals surface area contributed by atoms with Crippen LogP contribution in [0, 0.1) is 17.8 Å². The first kappa shape index (κ1) is 28.0. The van der Waals surface area contributed by atoms with Crippen molar-refractivity contribution in [2.45, 2.75) is 77.4 Å². The zero-order valence-corrected chi connectivity index (χ0v) is 23.2. The molecule has 6 heteroatoms. The number of ketones is 1. The predicted molar refractivity (Wildman–Crippen MR) is 153 cm³/mol. The zero-order valence-electron chi connectivity index (χ0n) is 22.4. The molecule has 202 valence electrons. The molecular weight excluding hydrogens is 492 g/mol. The molecule has 0 saturated heterocycles. The standard InChI is InChI=1S/C32H40N2O3S/c1-24-12-15-28(16-13-24)31(35)20-27(18-25-8-4-2-5-9-25)14-17-29(19-26-10-6-3-7-11-26)34-32(36)37-22-30-21-33-23-38-30/h2-11,21,23-24,27-29H,12-20,22H2,1H3,(H,34,36)/t24?,27-,28?,29-/m1/s1.